The van der Waals surface area contributed by atoms with Crippen molar-refractivity contribution in [3.8, 4) is 5.75 Å². The molecule has 5 aromatic carbocycles. The van der Waals surface area contributed by atoms with Crippen molar-refractivity contribution in [2.24, 2.45) is 29.6 Å². The number of fused-ring (bicyclic) bond motifs is 4. The van der Waals surface area contributed by atoms with Crippen LogP contribution in [0, 0.1) is 29.6 Å². The molecule has 3 N–H and O–H groups in total. The normalized spacial score (nSPS) is 24.7. The Morgan fingerprint density at radius 2 is 0.962 bits per heavy atom. The van der Waals surface area contributed by atoms with Gasteiger partial charge in [-0.15, -0.1) is 0 Å². The number of hydrogen-bond acceptors (Lipinski definition) is 7. The topological polar surface area (TPSA) is 119 Å². The van der Waals surface area contributed by atoms with Crippen LogP contribution in [0.15, 0.2) is 145 Å². The molecule has 5 aromatic rings. The Balaban J connectivity index is 1.03. The lowest BCUT2D eigenvalue weighted by molar-refractivity contribution is -0.126. The van der Waals surface area contributed by atoms with Gasteiger partial charge in [-0.3, -0.25) is 29.0 Å². The molecule has 3 fully saturated rings. The molecular formula is C44H36N4O5. The Bertz CT molecular complexity index is 2260. The second-order valence-electron chi connectivity index (χ2n) is 14.2. The molecule has 262 valence electrons. The first-order valence-electron chi connectivity index (χ1n) is 17.9. The van der Waals surface area contributed by atoms with Crippen molar-refractivity contribution in [3.63, 3.8) is 0 Å². The lowest BCUT2D eigenvalue weighted by Crippen LogP contribution is -2.43. The van der Waals surface area contributed by atoms with Crippen LogP contribution >= 0.6 is 0 Å². The minimum atomic E-state index is -0.693. The third-order valence-corrected chi connectivity index (χ3v) is 11.3. The van der Waals surface area contributed by atoms with E-state index in [0.29, 0.717) is 17.8 Å². The van der Waals surface area contributed by atoms with Gasteiger partial charge in [-0.05, 0) is 109 Å². The van der Waals surface area contributed by atoms with E-state index in [0.717, 1.165) is 33.9 Å². The van der Waals surface area contributed by atoms with Crippen molar-refractivity contribution in [1.29, 1.82) is 0 Å². The summed E-state index contributed by atoms with van der Waals surface area (Å²) in [6.45, 7) is 0. The fourth-order valence-corrected chi connectivity index (χ4v) is 8.92. The molecule has 0 spiro atoms. The fourth-order valence-electron chi connectivity index (χ4n) is 8.92. The molecule has 4 amide bonds. The van der Waals surface area contributed by atoms with E-state index in [9.17, 15) is 24.3 Å². The molecule has 9 heteroatoms. The van der Waals surface area contributed by atoms with Crippen molar-refractivity contribution in [2.45, 2.75) is 18.8 Å². The van der Waals surface area contributed by atoms with E-state index >= 15 is 0 Å². The maximum absolute atomic E-state index is 14.5. The van der Waals surface area contributed by atoms with Crippen LogP contribution in [0.4, 0.5) is 34.1 Å². The van der Waals surface area contributed by atoms with Gasteiger partial charge in [0.15, 0.2) is 0 Å². The molecule has 6 atom stereocenters. The number of allylic oxidation sites excluding steroid dienone is 2. The van der Waals surface area contributed by atoms with Crippen LogP contribution in [0.2, 0.25) is 0 Å². The Labute approximate surface area is 306 Å². The number of amides is 4. The van der Waals surface area contributed by atoms with Gasteiger partial charge in [-0.2, -0.15) is 0 Å². The molecule has 1 saturated carbocycles. The van der Waals surface area contributed by atoms with Gasteiger partial charge < -0.3 is 15.7 Å². The third-order valence-electron chi connectivity index (χ3n) is 11.3. The lowest BCUT2D eigenvalue weighted by Gasteiger charge is -2.44. The smallest absolute Gasteiger partial charge is 0.238 e. The summed E-state index contributed by atoms with van der Waals surface area (Å²) in [5.41, 5.74) is 6.16. The number of aromatic hydroxyl groups is 1. The number of phenolic OH excluding ortho intramolecular Hbond substituents is 1. The summed E-state index contributed by atoms with van der Waals surface area (Å²) in [4.78, 5) is 59.9. The Morgan fingerprint density at radius 1 is 0.491 bits per heavy atom. The average Bonchev–Trinajstić information content (AvgIpc) is 3.59. The Hall–Kier alpha value is -6.48. The first-order valence-corrected chi connectivity index (χ1v) is 17.9. The minimum Gasteiger partial charge on any atom is -0.508 e. The average molecular weight is 701 g/mol. The first kappa shape index (κ1) is 32.4. The largest absolute Gasteiger partial charge is 0.508 e. The van der Waals surface area contributed by atoms with Crippen molar-refractivity contribution in [3.05, 3.63) is 151 Å². The number of rotatable bonds is 7. The van der Waals surface area contributed by atoms with Crippen molar-refractivity contribution in [2.75, 3.05) is 20.4 Å². The number of para-hydroxylation sites is 2. The van der Waals surface area contributed by atoms with Gasteiger partial charge in [-0.25, -0.2) is 0 Å². The van der Waals surface area contributed by atoms with E-state index in [4.69, 9.17) is 0 Å². The second kappa shape index (κ2) is 12.9. The van der Waals surface area contributed by atoms with Crippen LogP contribution in [0.5, 0.6) is 5.75 Å². The third kappa shape index (κ3) is 5.56. The van der Waals surface area contributed by atoms with E-state index in [-0.39, 0.29) is 35.8 Å². The number of phenols is 1. The van der Waals surface area contributed by atoms with Gasteiger partial charge in [0.05, 0.1) is 35.0 Å². The van der Waals surface area contributed by atoms with Gasteiger partial charge in [0, 0.05) is 28.7 Å². The number of carbonyl (C=O) groups is 4. The number of nitrogens with one attached hydrogen (secondary N) is 2. The number of benzene rings is 5. The summed E-state index contributed by atoms with van der Waals surface area (Å²) in [6, 6.07) is 40.7. The zero-order chi connectivity index (χ0) is 36.2. The molecule has 9 nitrogen and oxygen atoms in total. The van der Waals surface area contributed by atoms with Crippen LogP contribution in [-0.4, -0.2) is 28.7 Å². The van der Waals surface area contributed by atoms with Gasteiger partial charge in [0.2, 0.25) is 23.6 Å². The van der Waals surface area contributed by atoms with E-state index in [1.807, 2.05) is 91.0 Å². The highest BCUT2D eigenvalue weighted by Crippen LogP contribution is 2.58. The first-order chi connectivity index (χ1) is 25.9. The highest BCUT2D eigenvalue weighted by molar-refractivity contribution is 6.24. The maximum Gasteiger partial charge on any atom is 0.238 e. The van der Waals surface area contributed by atoms with Crippen LogP contribution in [0.25, 0.3) is 0 Å². The summed E-state index contributed by atoms with van der Waals surface area (Å²) >= 11 is 0. The molecule has 2 aliphatic heterocycles. The van der Waals surface area contributed by atoms with Crippen molar-refractivity contribution in [1.82, 2.24) is 0 Å². The van der Waals surface area contributed by atoms with E-state index in [2.05, 4.69) is 10.6 Å². The summed E-state index contributed by atoms with van der Waals surface area (Å²) in [6.07, 6.45) is 2.68. The lowest BCUT2D eigenvalue weighted by atomic mass is 9.57. The van der Waals surface area contributed by atoms with Gasteiger partial charge >= 0.3 is 0 Å². The van der Waals surface area contributed by atoms with Gasteiger partial charge in [0.25, 0.3) is 0 Å². The molecule has 53 heavy (non-hydrogen) atoms. The highest BCUT2D eigenvalue weighted by Gasteiger charge is 2.62. The Morgan fingerprint density at radius 3 is 1.49 bits per heavy atom. The molecule has 4 aliphatic rings. The molecular weight excluding hydrogens is 665 g/mol. The summed E-state index contributed by atoms with van der Waals surface area (Å²) < 4.78 is 0. The van der Waals surface area contributed by atoms with E-state index in [1.165, 1.54) is 9.80 Å². The van der Waals surface area contributed by atoms with Crippen LogP contribution in [0.3, 0.4) is 0 Å². The Kier molecular flexibility index (Phi) is 7.91. The van der Waals surface area contributed by atoms with Crippen molar-refractivity contribution >= 4 is 57.8 Å². The maximum atomic E-state index is 14.5. The predicted molar refractivity (Wildman–Crippen MR) is 203 cm³/mol. The highest BCUT2D eigenvalue weighted by atomic mass is 16.3. The monoisotopic (exact) mass is 700 g/mol. The second-order valence-corrected chi connectivity index (χ2v) is 14.2. The zero-order valence-electron chi connectivity index (χ0n) is 28.6. The van der Waals surface area contributed by atoms with Crippen LogP contribution < -0.4 is 20.4 Å². The SMILES string of the molecule is O=C1C2CC=C3C(CC4C(=O)N(c5ccc(Nc6ccccc6)cc5)C(=O)C4C3c3ccc(O)cc3)C2C(=O)N1c1ccc(Nc2ccccc2)cc1. The number of hydrogen-bond donors (Lipinski definition) is 3. The number of carbonyl (C=O) groups excluding carboxylic acids is 4. The molecule has 2 saturated heterocycles. The minimum absolute atomic E-state index is 0.0900. The summed E-state index contributed by atoms with van der Waals surface area (Å²) in [5, 5.41) is 16.8. The molecule has 0 aromatic heterocycles. The van der Waals surface area contributed by atoms with E-state index in [1.54, 1.807) is 48.5 Å². The summed E-state index contributed by atoms with van der Waals surface area (Å²) in [7, 11) is 0. The molecule has 2 heterocycles. The number of nitrogens with zero attached hydrogens (tertiary/aromatic N) is 2. The quantitative estimate of drug-likeness (QED) is 0.117. The number of anilines is 6. The zero-order valence-corrected chi connectivity index (χ0v) is 28.6. The number of imide groups is 2. The van der Waals surface area contributed by atoms with Gasteiger partial charge in [0.1, 0.15) is 5.75 Å². The standard InChI is InChI=1S/C44H36N4O5/c49-33-21-11-26(12-22-33)38-34-23-24-35-39(43(52)47(41(35)50)31-17-13-29(14-18-31)45-27-7-3-1-4-8-27)36(34)25-37-40(38)44(53)48(42(37)51)32-19-15-30(16-20-32)46-28-9-5-2-6-10-28/h1-23,35-40,45-46,49H,24-25H2. The molecule has 6 unspecified atom stereocenters. The van der Waals surface area contributed by atoms with Crippen LogP contribution in [-0.2, 0) is 19.2 Å². The summed E-state index contributed by atoms with van der Waals surface area (Å²) in [5.74, 6) is -4.55. The van der Waals surface area contributed by atoms with Crippen molar-refractivity contribution < 1.29 is 24.3 Å². The molecule has 0 bridgehead atoms. The fraction of sp³-hybridized carbons (Fsp3) is 0.182. The molecule has 9 rings (SSSR count). The molecule has 0 radical (unpaired) electrons. The molecule has 2 aliphatic carbocycles. The van der Waals surface area contributed by atoms with Crippen LogP contribution in [0.1, 0.15) is 24.3 Å². The van der Waals surface area contributed by atoms with Gasteiger partial charge in [-0.1, -0.05) is 60.2 Å². The predicted octanol–water partition coefficient (Wildman–Crippen LogP) is 7.92. The van der Waals surface area contributed by atoms with E-state index < -0.39 is 35.5 Å².